The standard InChI is InChI=1S/C31H30/c1-20(2)26-15-24(22-11-7-5-8-12-22)17-28-29-18-25(23-13-9-6-10-14-23)16-27(21(3)4)31(29)19-30(26)28/h5-18,20-21H,19H2,1-4H3. The zero-order valence-electron chi connectivity index (χ0n) is 18.9. The summed E-state index contributed by atoms with van der Waals surface area (Å²) in [5, 5.41) is 0. The third kappa shape index (κ3) is 3.51. The van der Waals surface area contributed by atoms with Gasteiger partial charge in [-0.3, -0.25) is 0 Å². The number of benzene rings is 4. The molecule has 0 spiro atoms. The van der Waals surface area contributed by atoms with Gasteiger partial charge in [-0.05, 0) is 86.0 Å². The molecule has 5 rings (SSSR count). The first-order valence-corrected chi connectivity index (χ1v) is 11.5. The largest absolute Gasteiger partial charge is 0.0622 e. The van der Waals surface area contributed by atoms with Crippen molar-refractivity contribution in [3.05, 3.63) is 107 Å². The maximum Gasteiger partial charge on any atom is -0.000776 e. The Morgan fingerprint density at radius 3 is 1.23 bits per heavy atom. The summed E-state index contributed by atoms with van der Waals surface area (Å²) in [4.78, 5) is 0. The van der Waals surface area contributed by atoms with Gasteiger partial charge in [0.2, 0.25) is 0 Å². The molecular formula is C31H30. The first kappa shape index (κ1) is 19.8. The monoisotopic (exact) mass is 402 g/mol. The Kier molecular flexibility index (Phi) is 5.02. The molecule has 0 heteroatoms. The van der Waals surface area contributed by atoms with Crippen LogP contribution in [0.4, 0.5) is 0 Å². The van der Waals surface area contributed by atoms with Crippen LogP contribution < -0.4 is 0 Å². The molecule has 4 aromatic carbocycles. The summed E-state index contributed by atoms with van der Waals surface area (Å²) >= 11 is 0. The van der Waals surface area contributed by atoms with E-state index in [2.05, 4.69) is 113 Å². The zero-order valence-corrected chi connectivity index (χ0v) is 18.9. The zero-order chi connectivity index (χ0) is 21.5. The molecule has 154 valence electrons. The van der Waals surface area contributed by atoms with Crippen molar-refractivity contribution < 1.29 is 0 Å². The fraction of sp³-hybridized carbons (Fsp3) is 0.226. The van der Waals surface area contributed by atoms with E-state index in [0.29, 0.717) is 11.8 Å². The Morgan fingerprint density at radius 2 is 0.871 bits per heavy atom. The minimum absolute atomic E-state index is 0.503. The summed E-state index contributed by atoms with van der Waals surface area (Å²) in [5.74, 6) is 1.01. The van der Waals surface area contributed by atoms with Crippen LogP contribution in [-0.4, -0.2) is 0 Å². The predicted molar refractivity (Wildman–Crippen MR) is 134 cm³/mol. The molecule has 0 unspecified atom stereocenters. The fourth-order valence-corrected chi connectivity index (χ4v) is 5.07. The summed E-state index contributed by atoms with van der Waals surface area (Å²) in [6, 6.07) is 31.3. The van der Waals surface area contributed by atoms with Crippen molar-refractivity contribution in [3.63, 3.8) is 0 Å². The van der Waals surface area contributed by atoms with Gasteiger partial charge in [0.05, 0.1) is 0 Å². The number of fused-ring (bicyclic) bond motifs is 3. The van der Waals surface area contributed by atoms with E-state index in [4.69, 9.17) is 0 Å². The van der Waals surface area contributed by atoms with Crippen LogP contribution in [0.15, 0.2) is 84.9 Å². The van der Waals surface area contributed by atoms with E-state index in [1.54, 1.807) is 0 Å². The quantitative estimate of drug-likeness (QED) is 0.282. The average molecular weight is 403 g/mol. The van der Waals surface area contributed by atoms with Crippen LogP contribution in [-0.2, 0) is 6.42 Å². The van der Waals surface area contributed by atoms with Crippen LogP contribution in [0.5, 0.6) is 0 Å². The summed E-state index contributed by atoms with van der Waals surface area (Å²) in [7, 11) is 0. The SMILES string of the molecule is CC(C)c1cc(-c2ccccc2)cc2c1Cc1c-2cc(-c2ccccc2)cc1C(C)C. The number of hydrogen-bond acceptors (Lipinski definition) is 0. The first-order valence-electron chi connectivity index (χ1n) is 11.5. The Morgan fingerprint density at radius 1 is 0.484 bits per heavy atom. The van der Waals surface area contributed by atoms with Gasteiger partial charge in [0.25, 0.3) is 0 Å². The molecule has 1 aliphatic carbocycles. The Balaban J connectivity index is 1.77. The highest BCUT2D eigenvalue weighted by atomic mass is 14.3. The molecule has 1 aliphatic rings. The van der Waals surface area contributed by atoms with Crippen molar-refractivity contribution >= 4 is 0 Å². The fourth-order valence-electron chi connectivity index (χ4n) is 5.07. The molecule has 0 saturated carbocycles. The van der Waals surface area contributed by atoms with Gasteiger partial charge in [-0.15, -0.1) is 0 Å². The van der Waals surface area contributed by atoms with Gasteiger partial charge in [-0.2, -0.15) is 0 Å². The third-order valence-electron chi connectivity index (χ3n) is 6.67. The van der Waals surface area contributed by atoms with E-state index in [9.17, 15) is 0 Å². The molecule has 4 aromatic rings. The lowest BCUT2D eigenvalue weighted by Gasteiger charge is -2.16. The highest BCUT2D eigenvalue weighted by Gasteiger charge is 2.27. The van der Waals surface area contributed by atoms with E-state index >= 15 is 0 Å². The Labute approximate surface area is 186 Å². The minimum atomic E-state index is 0.503. The van der Waals surface area contributed by atoms with Crippen molar-refractivity contribution in [1.29, 1.82) is 0 Å². The summed E-state index contributed by atoms with van der Waals surface area (Å²) in [5.41, 5.74) is 14.1. The van der Waals surface area contributed by atoms with Gasteiger partial charge in [-0.25, -0.2) is 0 Å². The maximum atomic E-state index is 2.43. The van der Waals surface area contributed by atoms with E-state index in [-0.39, 0.29) is 0 Å². The molecule has 0 bridgehead atoms. The maximum absolute atomic E-state index is 2.43. The molecular weight excluding hydrogens is 372 g/mol. The lowest BCUT2D eigenvalue weighted by atomic mass is 9.88. The van der Waals surface area contributed by atoms with Gasteiger partial charge < -0.3 is 0 Å². The predicted octanol–water partition coefficient (Wildman–Crippen LogP) is 8.84. The second-order valence-corrected chi connectivity index (χ2v) is 9.40. The van der Waals surface area contributed by atoms with Crippen molar-refractivity contribution in [3.8, 4) is 33.4 Å². The van der Waals surface area contributed by atoms with Gasteiger partial charge in [0.1, 0.15) is 0 Å². The molecule has 0 atom stereocenters. The molecule has 0 heterocycles. The molecule has 31 heavy (non-hydrogen) atoms. The summed E-state index contributed by atoms with van der Waals surface area (Å²) < 4.78 is 0. The van der Waals surface area contributed by atoms with Crippen molar-refractivity contribution in [2.75, 3.05) is 0 Å². The minimum Gasteiger partial charge on any atom is -0.0622 e. The molecule has 0 amide bonds. The van der Waals surface area contributed by atoms with E-state index in [1.165, 1.54) is 55.6 Å². The van der Waals surface area contributed by atoms with Gasteiger partial charge in [-0.1, -0.05) is 100 Å². The average Bonchev–Trinajstić information content (AvgIpc) is 3.17. The molecule has 0 N–H and O–H groups in total. The topological polar surface area (TPSA) is 0 Å². The Hall–Kier alpha value is -3.12. The number of rotatable bonds is 4. The lowest BCUT2D eigenvalue weighted by Crippen LogP contribution is -1.98. The van der Waals surface area contributed by atoms with Crippen molar-refractivity contribution in [1.82, 2.24) is 0 Å². The third-order valence-corrected chi connectivity index (χ3v) is 6.67. The number of hydrogen-bond donors (Lipinski definition) is 0. The van der Waals surface area contributed by atoms with Gasteiger partial charge in [0, 0.05) is 0 Å². The molecule has 0 fully saturated rings. The molecule has 0 aromatic heterocycles. The van der Waals surface area contributed by atoms with Crippen LogP contribution in [0.25, 0.3) is 33.4 Å². The van der Waals surface area contributed by atoms with Crippen LogP contribution >= 0.6 is 0 Å². The lowest BCUT2D eigenvalue weighted by molar-refractivity contribution is 0.839. The van der Waals surface area contributed by atoms with Crippen LogP contribution in [0, 0.1) is 0 Å². The molecule has 0 radical (unpaired) electrons. The normalized spacial score (nSPS) is 12.3. The van der Waals surface area contributed by atoms with E-state index in [0.717, 1.165) is 6.42 Å². The highest BCUT2D eigenvalue weighted by molar-refractivity contribution is 5.87. The van der Waals surface area contributed by atoms with Crippen LogP contribution in [0.2, 0.25) is 0 Å². The molecule has 0 nitrogen and oxygen atoms in total. The smallest absolute Gasteiger partial charge is 0.000776 e. The van der Waals surface area contributed by atoms with Crippen molar-refractivity contribution in [2.24, 2.45) is 0 Å². The van der Waals surface area contributed by atoms with Gasteiger partial charge in [0.15, 0.2) is 0 Å². The van der Waals surface area contributed by atoms with Crippen LogP contribution in [0.3, 0.4) is 0 Å². The molecule has 0 aliphatic heterocycles. The Bertz CT molecular complexity index is 1130. The van der Waals surface area contributed by atoms with Crippen LogP contribution in [0.1, 0.15) is 61.8 Å². The van der Waals surface area contributed by atoms with E-state index < -0.39 is 0 Å². The van der Waals surface area contributed by atoms with Crippen molar-refractivity contribution in [2.45, 2.75) is 46.0 Å². The summed E-state index contributed by atoms with van der Waals surface area (Å²) in [6.45, 7) is 9.30. The second kappa shape index (κ2) is 7.85. The van der Waals surface area contributed by atoms with E-state index in [1.807, 2.05) is 0 Å². The summed E-state index contributed by atoms with van der Waals surface area (Å²) in [6.07, 6.45) is 1.05. The highest BCUT2D eigenvalue weighted by Crippen LogP contribution is 2.47. The molecule has 0 saturated heterocycles. The second-order valence-electron chi connectivity index (χ2n) is 9.40. The first-order chi connectivity index (χ1) is 15.0. The van der Waals surface area contributed by atoms with Gasteiger partial charge >= 0.3 is 0 Å².